The summed E-state index contributed by atoms with van der Waals surface area (Å²) in [5.74, 6) is -0.402. The van der Waals surface area contributed by atoms with Crippen LogP contribution in [0.3, 0.4) is 0 Å². The van der Waals surface area contributed by atoms with Gasteiger partial charge in [-0.15, -0.1) is 0 Å². The molecule has 2 aliphatic rings. The number of rotatable bonds is 11. The van der Waals surface area contributed by atoms with Crippen molar-refractivity contribution in [3.63, 3.8) is 0 Å². The highest BCUT2D eigenvalue weighted by Gasteiger charge is 2.27. The van der Waals surface area contributed by atoms with E-state index in [0.29, 0.717) is 12.7 Å². The fourth-order valence-corrected chi connectivity index (χ4v) is 5.54. The molecule has 0 heterocycles. The molecule has 4 rings (SSSR count). The molecule has 0 fully saturated rings. The van der Waals surface area contributed by atoms with E-state index in [9.17, 15) is 14.4 Å². The first kappa shape index (κ1) is 25.1. The van der Waals surface area contributed by atoms with Crippen molar-refractivity contribution < 1.29 is 14.4 Å². The first-order chi connectivity index (χ1) is 16.9. The number of hydrogen-bond donors (Lipinski definition) is 2. The molecule has 0 aromatic heterocycles. The first-order valence-electron chi connectivity index (χ1n) is 12.9. The number of anilines is 1. The van der Waals surface area contributed by atoms with Crippen LogP contribution in [-0.2, 0) is 41.8 Å². The number of urea groups is 1. The fourth-order valence-electron chi connectivity index (χ4n) is 5.54. The number of nitrogens with zero attached hydrogens (tertiary/aromatic N) is 1. The van der Waals surface area contributed by atoms with Crippen molar-refractivity contribution >= 4 is 23.8 Å². The molecule has 2 aliphatic carbocycles. The number of carbonyl (C=O) groups excluding carboxylic acids is 3. The van der Waals surface area contributed by atoms with Gasteiger partial charge in [-0.05, 0) is 98.7 Å². The Morgan fingerprint density at radius 2 is 1.69 bits per heavy atom. The summed E-state index contributed by atoms with van der Waals surface area (Å²) in [6, 6.07) is 11.4. The topological polar surface area (TPSA) is 78.5 Å². The van der Waals surface area contributed by atoms with Crippen LogP contribution in [-0.4, -0.2) is 42.6 Å². The summed E-state index contributed by atoms with van der Waals surface area (Å²) in [7, 11) is 2.08. The second-order valence-electron chi connectivity index (χ2n) is 10.3. The van der Waals surface area contributed by atoms with Crippen molar-refractivity contribution in [3.8, 4) is 0 Å². The highest BCUT2D eigenvalue weighted by Crippen LogP contribution is 2.38. The fraction of sp³-hybridized carbons (Fsp3) is 0.483. The van der Waals surface area contributed by atoms with Crippen LogP contribution in [0.15, 0.2) is 36.4 Å². The third-order valence-corrected chi connectivity index (χ3v) is 7.41. The maximum Gasteiger partial charge on any atom is 0.319 e. The van der Waals surface area contributed by atoms with Gasteiger partial charge in [-0.2, -0.15) is 0 Å². The van der Waals surface area contributed by atoms with Gasteiger partial charge in [0.25, 0.3) is 0 Å². The van der Waals surface area contributed by atoms with Gasteiger partial charge < -0.3 is 15.5 Å². The van der Waals surface area contributed by atoms with Crippen molar-refractivity contribution in [2.75, 3.05) is 18.9 Å². The highest BCUT2D eigenvalue weighted by molar-refractivity contribution is 6.28. The molecule has 6 nitrogen and oxygen atoms in total. The Hall–Kier alpha value is -2.99. The molecule has 2 amide bonds. The quantitative estimate of drug-likeness (QED) is 0.371. The van der Waals surface area contributed by atoms with Gasteiger partial charge in [0.2, 0.25) is 5.78 Å². The number of aldehydes is 1. The molecule has 2 unspecified atom stereocenters. The predicted molar refractivity (Wildman–Crippen MR) is 139 cm³/mol. The van der Waals surface area contributed by atoms with Gasteiger partial charge in [0.1, 0.15) is 0 Å². The van der Waals surface area contributed by atoms with E-state index in [1.165, 1.54) is 27.8 Å². The highest BCUT2D eigenvalue weighted by atomic mass is 16.2. The molecule has 6 heteroatoms. The molecule has 0 aliphatic heterocycles. The molecule has 35 heavy (non-hydrogen) atoms. The van der Waals surface area contributed by atoms with Crippen molar-refractivity contribution in [3.05, 3.63) is 64.2 Å². The minimum absolute atomic E-state index is 0.174. The van der Waals surface area contributed by atoms with E-state index in [1.54, 1.807) is 0 Å². The van der Waals surface area contributed by atoms with Gasteiger partial charge in [-0.25, -0.2) is 4.79 Å². The van der Waals surface area contributed by atoms with Gasteiger partial charge >= 0.3 is 6.03 Å². The lowest BCUT2D eigenvalue weighted by Gasteiger charge is -2.23. The number of aryl methyl sites for hydroxylation is 2. The number of amides is 2. The summed E-state index contributed by atoms with van der Waals surface area (Å²) in [6.45, 7) is 3.79. The van der Waals surface area contributed by atoms with Gasteiger partial charge in [0, 0.05) is 12.2 Å². The average Bonchev–Trinajstić information content (AvgIpc) is 3.52. The molecule has 2 atom stereocenters. The van der Waals surface area contributed by atoms with Crippen LogP contribution in [0.4, 0.5) is 10.5 Å². The van der Waals surface area contributed by atoms with Crippen LogP contribution in [0.2, 0.25) is 0 Å². The Balaban J connectivity index is 1.34. The van der Waals surface area contributed by atoms with E-state index in [4.69, 9.17) is 0 Å². The normalized spacial score (nSPS) is 15.9. The number of hydrogen-bond acceptors (Lipinski definition) is 4. The summed E-state index contributed by atoms with van der Waals surface area (Å²) < 4.78 is 0. The average molecular weight is 476 g/mol. The molecule has 2 N–H and O–H groups in total. The summed E-state index contributed by atoms with van der Waals surface area (Å²) in [6.07, 6.45) is 7.92. The van der Waals surface area contributed by atoms with Crippen LogP contribution < -0.4 is 10.6 Å². The van der Waals surface area contributed by atoms with Crippen molar-refractivity contribution in [1.82, 2.24) is 10.2 Å². The molecular formula is C29H37N3O3. The predicted octanol–water partition coefficient (Wildman–Crippen LogP) is 4.47. The van der Waals surface area contributed by atoms with E-state index in [0.717, 1.165) is 63.7 Å². The number of fused-ring (bicyclic) bond motifs is 2. The smallest absolute Gasteiger partial charge is 0.319 e. The van der Waals surface area contributed by atoms with Crippen LogP contribution >= 0.6 is 0 Å². The van der Waals surface area contributed by atoms with Crippen molar-refractivity contribution in [2.45, 2.75) is 70.9 Å². The van der Waals surface area contributed by atoms with Gasteiger partial charge in [0.15, 0.2) is 6.29 Å². The molecule has 186 valence electrons. The summed E-state index contributed by atoms with van der Waals surface area (Å²) >= 11 is 0. The van der Waals surface area contributed by atoms with Crippen molar-refractivity contribution in [1.29, 1.82) is 0 Å². The Morgan fingerprint density at radius 1 is 1.03 bits per heavy atom. The minimum Gasteiger partial charge on any atom is -0.328 e. The molecule has 2 aromatic rings. The summed E-state index contributed by atoms with van der Waals surface area (Å²) in [4.78, 5) is 38.9. The monoisotopic (exact) mass is 475 g/mol. The summed E-state index contributed by atoms with van der Waals surface area (Å²) in [5.41, 5.74) is 7.37. The molecule has 0 bridgehead atoms. The third kappa shape index (κ3) is 6.37. The van der Waals surface area contributed by atoms with Gasteiger partial charge in [-0.3, -0.25) is 9.59 Å². The second kappa shape index (κ2) is 11.6. The SMILES string of the molecule is CC(CCN(C)Cc1ccccc1)CC(NC(=O)Nc1c2c(cc3c1CCC3)CCC2)C(=O)C=O. The zero-order chi connectivity index (χ0) is 24.8. The van der Waals surface area contributed by atoms with E-state index in [-0.39, 0.29) is 5.92 Å². The zero-order valence-corrected chi connectivity index (χ0v) is 20.9. The molecule has 0 radical (unpaired) electrons. The van der Waals surface area contributed by atoms with E-state index < -0.39 is 17.9 Å². The van der Waals surface area contributed by atoms with Gasteiger partial charge in [-0.1, -0.05) is 43.3 Å². The summed E-state index contributed by atoms with van der Waals surface area (Å²) in [5, 5.41) is 5.89. The molecule has 2 aromatic carbocycles. The zero-order valence-electron chi connectivity index (χ0n) is 20.9. The third-order valence-electron chi connectivity index (χ3n) is 7.41. The van der Waals surface area contributed by atoms with Crippen LogP contribution in [0.25, 0.3) is 0 Å². The molecular weight excluding hydrogens is 438 g/mol. The lowest BCUT2D eigenvalue weighted by Crippen LogP contribution is -2.44. The second-order valence-corrected chi connectivity index (χ2v) is 10.3. The number of nitrogens with one attached hydrogen (secondary N) is 2. The largest absolute Gasteiger partial charge is 0.328 e. The Bertz CT molecular complexity index is 1030. The Morgan fingerprint density at radius 3 is 2.31 bits per heavy atom. The standard InChI is InChI=1S/C29H37N3O3/c1-20(14-15-32(2)18-21-8-4-3-5-9-21)16-26(27(34)19-33)30-29(35)31-28-24-12-6-10-22(24)17-23-11-7-13-25(23)28/h3-5,8-9,17,19-20,26H,6-7,10-16,18H2,1-2H3,(H2,30,31,35). The molecule has 0 spiro atoms. The van der Waals surface area contributed by atoms with Crippen LogP contribution in [0.5, 0.6) is 0 Å². The number of carbonyl (C=O) groups is 3. The van der Waals surface area contributed by atoms with Crippen molar-refractivity contribution in [2.24, 2.45) is 5.92 Å². The van der Waals surface area contributed by atoms with Crippen LogP contribution in [0, 0.1) is 5.92 Å². The maximum atomic E-state index is 13.0. The van der Waals surface area contributed by atoms with E-state index in [2.05, 4.69) is 47.7 Å². The number of Topliss-reactive ketones (excluding diaryl/α,β-unsaturated/α-hetero) is 1. The van der Waals surface area contributed by atoms with E-state index >= 15 is 0 Å². The lowest BCUT2D eigenvalue weighted by molar-refractivity contribution is -0.131. The Kier molecular flexibility index (Phi) is 8.34. The molecule has 0 saturated heterocycles. The van der Waals surface area contributed by atoms with Gasteiger partial charge in [0.05, 0.1) is 6.04 Å². The Labute approximate surface area is 208 Å². The lowest BCUT2D eigenvalue weighted by atomic mass is 9.96. The van der Waals surface area contributed by atoms with Crippen LogP contribution in [0.1, 0.15) is 60.4 Å². The number of benzene rings is 2. The minimum atomic E-state index is -0.813. The number of ketones is 1. The molecule has 0 saturated carbocycles. The van der Waals surface area contributed by atoms with E-state index in [1.807, 2.05) is 18.2 Å². The maximum absolute atomic E-state index is 13.0. The first-order valence-corrected chi connectivity index (χ1v) is 12.9.